The number of carbonyl (C=O) groups is 1. The van der Waals surface area contributed by atoms with Crippen LogP contribution in [0.1, 0.15) is 0 Å². The molecule has 66 valence electrons. The van der Waals surface area contributed by atoms with E-state index in [4.69, 9.17) is 5.11 Å². The van der Waals surface area contributed by atoms with E-state index < -0.39 is 25.0 Å². The number of halogens is 2. The number of nitrogens with one attached hydrogen (secondary N) is 1. The molecule has 0 radical (unpaired) electrons. The highest BCUT2D eigenvalue weighted by Gasteiger charge is 2.10. The Kier molecular flexibility index (Phi) is 4.64. The smallest absolute Gasteiger partial charge is 0.250 e. The van der Waals surface area contributed by atoms with Crippen LogP contribution in [-0.4, -0.2) is 36.6 Å². The van der Waals surface area contributed by atoms with Crippen LogP contribution in [0.5, 0.6) is 0 Å². The quantitative estimate of drug-likeness (QED) is 0.477. The van der Waals surface area contributed by atoms with Gasteiger partial charge in [-0.15, -0.1) is 0 Å². The summed E-state index contributed by atoms with van der Waals surface area (Å²) >= 11 is 0. The highest BCUT2D eigenvalue weighted by Crippen LogP contribution is 1.87. The zero-order valence-corrected chi connectivity index (χ0v) is 5.76. The Morgan fingerprint density at radius 1 is 1.55 bits per heavy atom. The number of amides is 1. The van der Waals surface area contributed by atoms with Gasteiger partial charge in [-0.1, -0.05) is 0 Å². The van der Waals surface area contributed by atoms with Crippen LogP contribution in [0.25, 0.3) is 0 Å². The molecule has 0 aliphatic rings. The fourth-order valence-electron chi connectivity index (χ4n) is 0.430. The third-order valence-corrected chi connectivity index (χ3v) is 0.965. The lowest BCUT2D eigenvalue weighted by Gasteiger charge is -2.06. The standard InChI is InChI=1S/C5H10F2N2O2/c6-4(7)2-9-1-3(10)5(8)11/h3-4,9-10H,1-2H2,(H2,8,11). The molecule has 1 unspecified atom stereocenters. The maximum absolute atomic E-state index is 11.4. The molecule has 1 atom stereocenters. The second kappa shape index (κ2) is 4.97. The van der Waals surface area contributed by atoms with Crippen molar-refractivity contribution in [1.82, 2.24) is 5.32 Å². The first kappa shape index (κ1) is 10.2. The van der Waals surface area contributed by atoms with E-state index in [1.54, 1.807) is 0 Å². The molecule has 4 nitrogen and oxygen atoms in total. The number of alkyl halides is 2. The Morgan fingerprint density at radius 3 is 2.45 bits per heavy atom. The molecular weight excluding hydrogens is 158 g/mol. The van der Waals surface area contributed by atoms with Gasteiger partial charge in [0.25, 0.3) is 6.43 Å². The van der Waals surface area contributed by atoms with Gasteiger partial charge in [0.2, 0.25) is 5.91 Å². The topological polar surface area (TPSA) is 75.4 Å². The molecule has 0 saturated heterocycles. The third-order valence-electron chi connectivity index (χ3n) is 0.965. The monoisotopic (exact) mass is 168 g/mol. The minimum atomic E-state index is -2.49. The molecule has 0 spiro atoms. The molecule has 0 aromatic carbocycles. The Morgan fingerprint density at radius 2 is 2.09 bits per heavy atom. The highest BCUT2D eigenvalue weighted by molar-refractivity contribution is 5.78. The molecule has 4 N–H and O–H groups in total. The molecule has 0 aliphatic carbocycles. The van der Waals surface area contributed by atoms with Gasteiger partial charge in [-0.25, -0.2) is 8.78 Å². The first-order valence-electron chi connectivity index (χ1n) is 3.00. The number of aliphatic hydroxyl groups excluding tert-OH is 1. The van der Waals surface area contributed by atoms with Crippen molar-refractivity contribution in [1.29, 1.82) is 0 Å². The van der Waals surface area contributed by atoms with Crippen LogP contribution in [0.4, 0.5) is 8.78 Å². The molecule has 0 aliphatic heterocycles. The van der Waals surface area contributed by atoms with Crippen molar-refractivity contribution in [3.8, 4) is 0 Å². The molecule has 0 rings (SSSR count). The largest absolute Gasteiger partial charge is 0.382 e. The summed E-state index contributed by atoms with van der Waals surface area (Å²) in [6.45, 7) is -0.788. The van der Waals surface area contributed by atoms with Crippen molar-refractivity contribution >= 4 is 5.91 Å². The van der Waals surface area contributed by atoms with Crippen molar-refractivity contribution in [2.75, 3.05) is 13.1 Å². The zero-order chi connectivity index (χ0) is 8.85. The molecule has 0 saturated carbocycles. The summed E-state index contributed by atoms with van der Waals surface area (Å²) in [5, 5.41) is 10.8. The zero-order valence-electron chi connectivity index (χ0n) is 5.76. The Hall–Kier alpha value is -0.750. The summed E-state index contributed by atoms with van der Waals surface area (Å²) < 4.78 is 22.9. The first-order chi connectivity index (χ1) is 5.04. The van der Waals surface area contributed by atoms with E-state index in [9.17, 15) is 13.6 Å². The summed E-state index contributed by atoms with van der Waals surface area (Å²) in [5.74, 6) is -0.924. The van der Waals surface area contributed by atoms with Gasteiger partial charge in [0, 0.05) is 6.54 Å². The van der Waals surface area contributed by atoms with Crippen molar-refractivity contribution in [2.24, 2.45) is 5.73 Å². The van der Waals surface area contributed by atoms with E-state index in [2.05, 4.69) is 11.1 Å². The average Bonchev–Trinajstić information content (AvgIpc) is 1.86. The van der Waals surface area contributed by atoms with Gasteiger partial charge in [-0.2, -0.15) is 0 Å². The van der Waals surface area contributed by atoms with E-state index in [-0.39, 0.29) is 6.54 Å². The van der Waals surface area contributed by atoms with E-state index in [1.807, 2.05) is 0 Å². The summed E-state index contributed by atoms with van der Waals surface area (Å²) in [7, 11) is 0. The van der Waals surface area contributed by atoms with Crippen LogP contribution in [-0.2, 0) is 4.79 Å². The SMILES string of the molecule is NC(=O)C(O)CNCC(F)F. The van der Waals surface area contributed by atoms with Crippen molar-refractivity contribution in [2.45, 2.75) is 12.5 Å². The lowest BCUT2D eigenvalue weighted by Crippen LogP contribution is -2.39. The first-order valence-corrected chi connectivity index (χ1v) is 3.00. The molecule has 0 bridgehead atoms. The van der Waals surface area contributed by atoms with Crippen LogP contribution in [0.2, 0.25) is 0 Å². The van der Waals surface area contributed by atoms with Gasteiger partial charge >= 0.3 is 0 Å². The number of primary amides is 1. The highest BCUT2D eigenvalue weighted by atomic mass is 19.3. The number of nitrogens with two attached hydrogens (primary N) is 1. The normalized spacial score (nSPS) is 13.5. The van der Waals surface area contributed by atoms with Crippen molar-refractivity contribution < 1.29 is 18.7 Å². The summed E-state index contributed by atoms with van der Waals surface area (Å²) in [5.41, 5.74) is 4.64. The van der Waals surface area contributed by atoms with E-state index in [0.717, 1.165) is 0 Å². The minimum Gasteiger partial charge on any atom is -0.382 e. The molecule has 0 heterocycles. The number of hydrogen-bond acceptors (Lipinski definition) is 3. The molecule has 0 aromatic rings. The predicted molar refractivity (Wildman–Crippen MR) is 34.1 cm³/mol. The molecule has 6 heteroatoms. The lowest BCUT2D eigenvalue weighted by molar-refractivity contribution is -0.125. The average molecular weight is 168 g/mol. The minimum absolute atomic E-state index is 0.236. The van der Waals surface area contributed by atoms with Crippen LogP contribution in [0, 0.1) is 0 Å². The van der Waals surface area contributed by atoms with Crippen LogP contribution in [0.3, 0.4) is 0 Å². The molecule has 1 amide bonds. The summed E-state index contributed by atoms with van der Waals surface area (Å²) in [6, 6.07) is 0. The number of aliphatic hydroxyl groups is 1. The molecule has 0 aromatic heterocycles. The van der Waals surface area contributed by atoms with Gasteiger partial charge in [-0.3, -0.25) is 4.79 Å². The Bertz CT molecular complexity index is 132. The van der Waals surface area contributed by atoms with E-state index >= 15 is 0 Å². The maximum atomic E-state index is 11.4. The second-order valence-electron chi connectivity index (χ2n) is 1.97. The van der Waals surface area contributed by atoms with Gasteiger partial charge in [0.1, 0.15) is 6.10 Å². The van der Waals surface area contributed by atoms with Gasteiger partial charge in [0.15, 0.2) is 0 Å². The molecule has 11 heavy (non-hydrogen) atoms. The van der Waals surface area contributed by atoms with Crippen molar-refractivity contribution in [3.05, 3.63) is 0 Å². The van der Waals surface area contributed by atoms with Crippen LogP contribution in [0.15, 0.2) is 0 Å². The van der Waals surface area contributed by atoms with Gasteiger partial charge in [0.05, 0.1) is 6.54 Å². The molecular formula is C5H10F2N2O2. The second-order valence-corrected chi connectivity index (χ2v) is 1.97. The number of carbonyl (C=O) groups excluding carboxylic acids is 1. The maximum Gasteiger partial charge on any atom is 0.250 e. The number of hydrogen-bond donors (Lipinski definition) is 3. The Labute approximate surface area is 62.4 Å². The fraction of sp³-hybridized carbons (Fsp3) is 0.800. The predicted octanol–water partition coefficient (Wildman–Crippen LogP) is -1.31. The lowest BCUT2D eigenvalue weighted by atomic mass is 10.3. The number of rotatable bonds is 5. The van der Waals surface area contributed by atoms with Crippen LogP contribution < -0.4 is 11.1 Å². The summed E-state index contributed by atoms with van der Waals surface area (Å²) in [4.78, 5) is 10.1. The fourth-order valence-corrected chi connectivity index (χ4v) is 0.430. The van der Waals surface area contributed by atoms with Gasteiger partial charge < -0.3 is 16.2 Å². The van der Waals surface area contributed by atoms with E-state index in [0.29, 0.717) is 0 Å². The third kappa shape index (κ3) is 5.68. The summed E-state index contributed by atoms with van der Waals surface area (Å²) in [6.07, 6.45) is -3.89. The van der Waals surface area contributed by atoms with Gasteiger partial charge in [-0.05, 0) is 0 Å². The van der Waals surface area contributed by atoms with Crippen molar-refractivity contribution in [3.63, 3.8) is 0 Å². The molecule has 0 fully saturated rings. The Balaban J connectivity index is 3.31. The van der Waals surface area contributed by atoms with Crippen LogP contribution >= 0.6 is 0 Å². The van der Waals surface area contributed by atoms with E-state index in [1.165, 1.54) is 0 Å².